The number of unbranched alkanes of at least 4 members (excludes halogenated alkanes) is 1. The molecule has 0 bridgehead atoms. The molecule has 1 rings (SSSR count). The van der Waals surface area contributed by atoms with Gasteiger partial charge in [0.1, 0.15) is 5.84 Å². The van der Waals surface area contributed by atoms with Gasteiger partial charge in [-0.25, -0.2) is 0 Å². The fourth-order valence-corrected chi connectivity index (χ4v) is 1.23. The first-order chi connectivity index (χ1) is 7.83. The summed E-state index contributed by atoms with van der Waals surface area (Å²) >= 11 is 0. The molecule has 7 heteroatoms. The van der Waals surface area contributed by atoms with Gasteiger partial charge in [0.25, 0.3) is 0 Å². The lowest BCUT2D eigenvalue weighted by Crippen LogP contribution is -2.19. The highest BCUT2D eigenvalue weighted by Gasteiger charge is 1.98. The van der Waals surface area contributed by atoms with Gasteiger partial charge in [0.15, 0.2) is 6.33 Å². The van der Waals surface area contributed by atoms with Crippen LogP contribution in [0.5, 0.6) is 0 Å². The summed E-state index contributed by atoms with van der Waals surface area (Å²) in [5, 5.41) is 18.0. The molecule has 0 saturated heterocycles. The zero-order chi connectivity index (χ0) is 11.6. The number of rotatable bonds is 8. The van der Waals surface area contributed by atoms with Crippen LogP contribution >= 0.6 is 0 Å². The molecule has 0 unspecified atom stereocenters. The highest BCUT2D eigenvalue weighted by Crippen LogP contribution is 1.94. The van der Waals surface area contributed by atoms with Gasteiger partial charge >= 0.3 is 0 Å². The minimum atomic E-state index is 0.283. The van der Waals surface area contributed by atoms with E-state index >= 15 is 0 Å². The van der Waals surface area contributed by atoms with Crippen LogP contribution in [0.3, 0.4) is 0 Å². The topological polar surface area (TPSA) is 110 Å². The molecule has 4 N–H and O–H groups in total. The van der Waals surface area contributed by atoms with Crippen LogP contribution in [0.4, 0.5) is 0 Å². The maximum absolute atomic E-state index is 8.31. The minimum Gasteiger partial charge on any atom is -0.409 e. The van der Waals surface area contributed by atoms with Gasteiger partial charge < -0.3 is 20.8 Å². The van der Waals surface area contributed by atoms with Crippen LogP contribution in [0.1, 0.15) is 25.2 Å². The van der Waals surface area contributed by atoms with Crippen molar-refractivity contribution >= 4 is 5.84 Å². The van der Waals surface area contributed by atoms with E-state index in [0.29, 0.717) is 12.3 Å². The zero-order valence-electron chi connectivity index (χ0n) is 9.09. The van der Waals surface area contributed by atoms with Gasteiger partial charge in [-0.1, -0.05) is 10.3 Å². The summed E-state index contributed by atoms with van der Waals surface area (Å²) in [7, 11) is 0. The Morgan fingerprint density at radius 1 is 1.50 bits per heavy atom. The Balaban J connectivity index is 1.89. The number of hydrogen-bond acceptors (Lipinski definition) is 6. The third kappa shape index (κ3) is 5.30. The maximum Gasteiger partial charge on any atom is 0.227 e. The highest BCUT2D eigenvalue weighted by atomic mass is 16.5. The van der Waals surface area contributed by atoms with E-state index in [9.17, 15) is 0 Å². The Bertz CT molecular complexity index is 299. The predicted octanol–water partition coefficient (Wildman–Crippen LogP) is 0.118. The smallest absolute Gasteiger partial charge is 0.227 e. The number of nitrogens with two attached hydrogens (primary N) is 1. The van der Waals surface area contributed by atoms with Gasteiger partial charge in [0.2, 0.25) is 5.89 Å². The lowest BCUT2D eigenvalue weighted by molar-refractivity contribution is 0.316. The number of nitrogens with one attached hydrogen (secondary N) is 1. The molecule has 1 heterocycles. The Morgan fingerprint density at radius 2 is 2.38 bits per heavy atom. The quantitative estimate of drug-likeness (QED) is 0.191. The van der Waals surface area contributed by atoms with Crippen molar-refractivity contribution in [2.75, 3.05) is 13.1 Å². The molecule has 0 radical (unpaired) electrons. The second-order valence-corrected chi connectivity index (χ2v) is 3.38. The molecule has 0 fully saturated rings. The largest absolute Gasteiger partial charge is 0.409 e. The first-order valence-corrected chi connectivity index (χ1v) is 5.25. The molecule has 0 aliphatic carbocycles. The van der Waals surface area contributed by atoms with Crippen molar-refractivity contribution in [1.82, 2.24) is 15.5 Å². The van der Waals surface area contributed by atoms with Gasteiger partial charge in [-0.2, -0.15) is 4.98 Å². The van der Waals surface area contributed by atoms with Gasteiger partial charge in [-0.3, -0.25) is 0 Å². The van der Waals surface area contributed by atoms with Crippen molar-refractivity contribution < 1.29 is 9.73 Å². The first-order valence-electron chi connectivity index (χ1n) is 5.25. The number of aromatic nitrogens is 2. The summed E-state index contributed by atoms with van der Waals surface area (Å²) in [6.45, 7) is 1.71. The van der Waals surface area contributed by atoms with E-state index in [1.807, 2.05) is 0 Å². The maximum atomic E-state index is 8.31. The number of hydrogen-bond donors (Lipinski definition) is 3. The highest BCUT2D eigenvalue weighted by molar-refractivity contribution is 5.79. The predicted molar refractivity (Wildman–Crippen MR) is 58.1 cm³/mol. The summed E-state index contributed by atoms with van der Waals surface area (Å²) in [6, 6.07) is 0. The summed E-state index contributed by atoms with van der Waals surface area (Å²) in [5.74, 6) is 0.926. The average molecular weight is 227 g/mol. The molecule has 0 atom stereocenters. The molecular weight excluding hydrogens is 210 g/mol. The van der Waals surface area contributed by atoms with Crippen molar-refractivity contribution in [2.45, 2.75) is 25.7 Å². The molecule has 0 aliphatic rings. The number of nitrogens with zero attached hydrogens (tertiary/aromatic N) is 3. The summed E-state index contributed by atoms with van der Waals surface area (Å²) in [5.41, 5.74) is 5.33. The number of oxime groups is 1. The molecule has 0 amide bonds. The van der Waals surface area contributed by atoms with E-state index in [1.54, 1.807) is 0 Å². The van der Waals surface area contributed by atoms with Gasteiger partial charge in [-0.05, 0) is 19.4 Å². The molecule has 0 saturated carbocycles. The fourth-order valence-electron chi connectivity index (χ4n) is 1.23. The Hall–Kier alpha value is -1.63. The Kier molecular flexibility index (Phi) is 5.94. The standard InChI is InChI=1S/C9H17N5O2/c10-8(14-15)3-1-2-5-11-6-4-9-12-7-13-16-9/h7,11,15H,1-6H2,(H2,10,14). The van der Waals surface area contributed by atoms with Crippen LogP contribution < -0.4 is 11.1 Å². The zero-order valence-corrected chi connectivity index (χ0v) is 9.09. The van der Waals surface area contributed by atoms with Crippen molar-refractivity contribution in [3.63, 3.8) is 0 Å². The van der Waals surface area contributed by atoms with Crippen molar-refractivity contribution in [3.05, 3.63) is 12.2 Å². The average Bonchev–Trinajstić information content (AvgIpc) is 2.80. The molecule has 16 heavy (non-hydrogen) atoms. The second kappa shape index (κ2) is 7.63. The fraction of sp³-hybridized carbons (Fsp3) is 0.667. The summed E-state index contributed by atoms with van der Waals surface area (Å²) < 4.78 is 4.85. The van der Waals surface area contributed by atoms with Crippen molar-refractivity contribution in [3.8, 4) is 0 Å². The van der Waals surface area contributed by atoms with E-state index in [0.717, 1.165) is 32.4 Å². The third-order valence-corrected chi connectivity index (χ3v) is 2.09. The lowest BCUT2D eigenvalue weighted by Gasteiger charge is -2.02. The van der Waals surface area contributed by atoms with Gasteiger partial charge in [-0.15, -0.1) is 0 Å². The van der Waals surface area contributed by atoms with Crippen molar-refractivity contribution in [1.29, 1.82) is 0 Å². The van der Waals surface area contributed by atoms with E-state index < -0.39 is 0 Å². The van der Waals surface area contributed by atoms with E-state index in [2.05, 4.69) is 20.6 Å². The minimum absolute atomic E-state index is 0.283. The van der Waals surface area contributed by atoms with E-state index in [-0.39, 0.29) is 5.84 Å². The van der Waals surface area contributed by atoms with Crippen LogP contribution in [0.25, 0.3) is 0 Å². The van der Waals surface area contributed by atoms with Crippen LogP contribution in [0.15, 0.2) is 16.0 Å². The molecule has 1 aromatic heterocycles. The Labute approximate surface area is 93.7 Å². The lowest BCUT2D eigenvalue weighted by atomic mass is 10.2. The second-order valence-electron chi connectivity index (χ2n) is 3.38. The van der Waals surface area contributed by atoms with Crippen LogP contribution in [-0.2, 0) is 6.42 Å². The third-order valence-electron chi connectivity index (χ3n) is 2.09. The monoisotopic (exact) mass is 227 g/mol. The van der Waals surface area contributed by atoms with E-state index in [1.165, 1.54) is 6.33 Å². The van der Waals surface area contributed by atoms with Crippen LogP contribution in [-0.4, -0.2) is 34.3 Å². The van der Waals surface area contributed by atoms with Crippen LogP contribution in [0.2, 0.25) is 0 Å². The summed E-state index contributed by atoms with van der Waals surface area (Å²) in [6.07, 6.45) is 4.65. The molecule has 90 valence electrons. The molecular formula is C9H17N5O2. The Morgan fingerprint density at radius 3 is 3.06 bits per heavy atom. The normalized spacial score (nSPS) is 11.9. The van der Waals surface area contributed by atoms with Gasteiger partial charge in [0, 0.05) is 19.4 Å². The first kappa shape index (κ1) is 12.4. The van der Waals surface area contributed by atoms with E-state index in [4.69, 9.17) is 15.5 Å². The molecule has 0 spiro atoms. The van der Waals surface area contributed by atoms with Crippen LogP contribution in [0, 0.1) is 0 Å². The summed E-state index contributed by atoms with van der Waals surface area (Å²) in [4.78, 5) is 3.91. The van der Waals surface area contributed by atoms with Gasteiger partial charge in [0.05, 0.1) is 0 Å². The molecule has 0 aromatic carbocycles. The molecule has 7 nitrogen and oxygen atoms in total. The SMILES string of the molecule is NC(CCCCNCCc1ncno1)=NO. The molecule has 1 aromatic rings. The number of amidine groups is 1. The van der Waals surface area contributed by atoms with Crippen molar-refractivity contribution in [2.24, 2.45) is 10.9 Å². The molecule has 0 aliphatic heterocycles.